The van der Waals surface area contributed by atoms with E-state index in [0.29, 0.717) is 0 Å². The van der Waals surface area contributed by atoms with Crippen LogP contribution in [0.25, 0.3) is 0 Å². The van der Waals surface area contributed by atoms with Crippen molar-refractivity contribution in [3.8, 4) is 5.75 Å². The van der Waals surface area contributed by atoms with Gasteiger partial charge in [-0.3, -0.25) is 4.79 Å². The van der Waals surface area contributed by atoms with Crippen molar-refractivity contribution in [1.82, 2.24) is 9.80 Å². The first kappa shape index (κ1) is 17.3. The van der Waals surface area contributed by atoms with Gasteiger partial charge < -0.3 is 14.5 Å². The predicted octanol–water partition coefficient (Wildman–Crippen LogP) is 2.89. The SMILES string of the molecule is CC(=O)N1CCc2ccc(OCCCN3CCCCC3)cc2CC1. The van der Waals surface area contributed by atoms with Gasteiger partial charge in [-0.25, -0.2) is 0 Å². The number of amides is 1. The molecule has 0 spiro atoms. The molecule has 0 aromatic heterocycles. The second-order valence-corrected chi connectivity index (χ2v) is 7.04. The van der Waals surface area contributed by atoms with Gasteiger partial charge in [-0.05, 0) is 68.5 Å². The fourth-order valence-corrected chi connectivity index (χ4v) is 3.77. The average Bonchev–Trinajstić information content (AvgIpc) is 2.82. The molecule has 2 aliphatic rings. The molecule has 0 aliphatic carbocycles. The summed E-state index contributed by atoms with van der Waals surface area (Å²) in [6, 6.07) is 6.45. The summed E-state index contributed by atoms with van der Waals surface area (Å²) in [6.45, 7) is 7.76. The molecule has 3 rings (SSSR count). The Morgan fingerprint density at radius 3 is 2.54 bits per heavy atom. The summed E-state index contributed by atoms with van der Waals surface area (Å²) in [5, 5.41) is 0. The third kappa shape index (κ3) is 4.73. The van der Waals surface area contributed by atoms with E-state index in [0.717, 1.165) is 51.3 Å². The molecule has 0 bridgehead atoms. The van der Waals surface area contributed by atoms with Crippen LogP contribution in [-0.2, 0) is 17.6 Å². The molecule has 1 amide bonds. The topological polar surface area (TPSA) is 32.8 Å². The summed E-state index contributed by atoms with van der Waals surface area (Å²) in [5.74, 6) is 1.15. The van der Waals surface area contributed by atoms with E-state index in [-0.39, 0.29) is 5.91 Å². The van der Waals surface area contributed by atoms with Crippen LogP contribution >= 0.6 is 0 Å². The van der Waals surface area contributed by atoms with Crippen LogP contribution < -0.4 is 4.74 Å². The quantitative estimate of drug-likeness (QED) is 0.778. The molecule has 0 atom stereocenters. The lowest BCUT2D eigenvalue weighted by Crippen LogP contribution is -2.31. The van der Waals surface area contributed by atoms with Crippen molar-refractivity contribution >= 4 is 5.91 Å². The van der Waals surface area contributed by atoms with Gasteiger partial charge in [0.1, 0.15) is 5.75 Å². The van der Waals surface area contributed by atoms with E-state index >= 15 is 0 Å². The Morgan fingerprint density at radius 1 is 1.04 bits per heavy atom. The highest BCUT2D eigenvalue weighted by Crippen LogP contribution is 2.22. The summed E-state index contributed by atoms with van der Waals surface area (Å²) in [4.78, 5) is 16.1. The number of rotatable bonds is 5. The lowest BCUT2D eigenvalue weighted by Gasteiger charge is -2.26. The van der Waals surface area contributed by atoms with Gasteiger partial charge in [-0.2, -0.15) is 0 Å². The van der Waals surface area contributed by atoms with Crippen molar-refractivity contribution in [1.29, 1.82) is 0 Å². The van der Waals surface area contributed by atoms with Crippen LogP contribution in [0.2, 0.25) is 0 Å². The summed E-state index contributed by atoms with van der Waals surface area (Å²) >= 11 is 0. The third-order valence-corrected chi connectivity index (χ3v) is 5.26. The van der Waals surface area contributed by atoms with Gasteiger partial charge in [-0.1, -0.05) is 12.5 Å². The first-order valence-corrected chi connectivity index (χ1v) is 9.45. The van der Waals surface area contributed by atoms with Crippen LogP contribution in [0.4, 0.5) is 0 Å². The third-order valence-electron chi connectivity index (χ3n) is 5.26. The Balaban J connectivity index is 1.46. The van der Waals surface area contributed by atoms with Crippen molar-refractivity contribution in [2.24, 2.45) is 0 Å². The van der Waals surface area contributed by atoms with E-state index in [9.17, 15) is 4.79 Å². The standard InChI is InChI=1S/C20H30N2O2/c1-17(23)22-13-8-18-6-7-20(16-19(18)9-14-22)24-15-5-12-21-10-3-2-4-11-21/h6-7,16H,2-5,8-15H2,1H3. The number of ether oxygens (including phenoxy) is 1. The molecule has 132 valence electrons. The van der Waals surface area contributed by atoms with E-state index in [1.165, 1.54) is 43.5 Å². The molecule has 1 fully saturated rings. The molecule has 2 heterocycles. The van der Waals surface area contributed by atoms with Gasteiger partial charge in [0.15, 0.2) is 0 Å². The minimum atomic E-state index is 0.178. The van der Waals surface area contributed by atoms with Crippen LogP contribution in [-0.4, -0.2) is 55.0 Å². The molecule has 0 N–H and O–H groups in total. The summed E-state index contributed by atoms with van der Waals surface area (Å²) in [5.41, 5.74) is 2.70. The highest BCUT2D eigenvalue weighted by molar-refractivity contribution is 5.73. The predicted molar refractivity (Wildman–Crippen MR) is 96.5 cm³/mol. The van der Waals surface area contributed by atoms with Crippen LogP contribution in [0, 0.1) is 0 Å². The normalized spacial score (nSPS) is 18.8. The molecular weight excluding hydrogens is 300 g/mol. The van der Waals surface area contributed by atoms with E-state index in [1.54, 1.807) is 6.92 Å². The number of carbonyl (C=O) groups excluding carboxylic acids is 1. The Morgan fingerprint density at radius 2 is 1.79 bits per heavy atom. The largest absolute Gasteiger partial charge is 0.494 e. The maximum absolute atomic E-state index is 11.6. The summed E-state index contributed by atoms with van der Waals surface area (Å²) in [6.07, 6.45) is 7.06. The molecule has 1 saturated heterocycles. The van der Waals surface area contributed by atoms with Gasteiger partial charge in [0.25, 0.3) is 0 Å². The fraction of sp³-hybridized carbons (Fsp3) is 0.650. The summed E-state index contributed by atoms with van der Waals surface area (Å²) < 4.78 is 5.97. The molecule has 1 aromatic carbocycles. The molecule has 4 heteroatoms. The Hall–Kier alpha value is -1.55. The van der Waals surface area contributed by atoms with Gasteiger partial charge in [0.05, 0.1) is 6.61 Å². The second-order valence-electron chi connectivity index (χ2n) is 7.04. The van der Waals surface area contributed by atoms with E-state index in [2.05, 4.69) is 23.1 Å². The number of nitrogens with zero attached hydrogens (tertiary/aromatic N) is 2. The molecule has 0 unspecified atom stereocenters. The van der Waals surface area contributed by atoms with Crippen molar-refractivity contribution in [3.05, 3.63) is 29.3 Å². The van der Waals surface area contributed by atoms with Crippen LogP contribution in [0.1, 0.15) is 43.7 Å². The number of fused-ring (bicyclic) bond motifs is 1. The van der Waals surface area contributed by atoms with Crippen LogP contribution in [0.3, 0.4) is 0 Å². The number of hydrogen-bond acceptors (Lipinski definition) is 3. The molecular formula is C20H30N2O2. The fourth-order valence-electron chi connectivity index (χ4n) is 3.77. The monoisotopic (exact) mass is 330 g/mol. The molecule has 0 radical (unpaired) electrons. The van der Waals surface area contributed by atoms with Gasteiger partial charge in [0, 0.05) is 26.6 Å². The second kappa shape index (κ2) is 8.52. The van der Waals surface area contributed by atoms with Crippen LogP contribution in [0.5, 0.6) is 5.75 Å². The smallest absolute Gasteiger partial charge is 0.219 e. The molecule has 2 aliphatic heterocycles. The van der Waals surface area contributed by atoms with Crippen LogP contribution in [0.15, 0.2) is 18.2 Å². The Kier molecular flexibility index (Phi) is 6.13. The summed E-state index contributed by atoms with van der Waals surface area (Å²) in [7, 11) is 0. The van der Waals surface area contributed by atoms with Gasteiger partial charge in [-0.15, -0.1) is 0 Å². The zero-order valence-electron chi connectivity index (χ0n) is 14.9. The Bertz CT molecular complexity index is 553. The first-order valence-electron chi connectivity index (χ1n) is 9.45. The first-order chi connectivity index (χ1) is 11.7. The van der Waals surface area contributed by atoms with Crippen molar-refractivity contribution < 1.29 is 9.53 Å². The maximum atomic E-state index is 11.6. The maximum Gasteiger partial charge on any atom is 0.219 e. The lowest BCUT2D eigenvalue weighted by atomic mass is 10.0. The Labute approximate surface area is 145 Å². The number of piperidine rings is 1. The van der Waals surface area contributed by atoms with E-state index in [1.807, 2.05) is 4.90 Å². The average molecular weight is 330 g/mol. The van der Waals surface area contributed by atoms with Crippen molar-refractivity contribution in [2.45, 2.75) is 45.4 Å². The number of hydrogen-bond donors (Lipinski definition) is 0. The van der Waals surface area contributed by atoms with Gasteiger partial charge >= 0.3 is 0 Å². The molecule has 4 nitrogen and oxygen atoms in total. The van der Waals surface area contributed by atoms with Crippen molar-refractivity contribution in [2.75, 3.05) is 39.3 Å². The zero-order valence-corrected chi connectivity index (χ0v) is 14.9. The number of carbonyl (C=O) groups is 1. The minimum absolute atomic E-state index is 0.178. The van der Waals surface area contributed by atoms with Crippen molar-refractivity contribution in [3.63, 3.8) is 0 Å². The molecule has 0 saturated carbocycles. The number of benzene rings is 1. The number of likely N-dealkylation sites (tertiary alicyclic amines) is 1. The van der Waals surface area contributed by atoms with E-state index < -0.39 is 0 Å². The highest BCUT2D eigenvalue weighted by atomic mass is 16.5. The molecule has 24 heavy (non-hydrogen) atoms. The lowest BCUT2D eigenvalue weighted by molar-refractivity contribution is -0.128. The van der Waals surface area contributed by atoms with Gasteiger partial charge in [0.2, 0.25) is 5.91 Å². The highest BCUT2D eigenvalue weighted by Gasteiger charge is 2.16. The van der Waals surface area contributed by atoms with E-state index in [4.69, 9.17) is 4.74 Å². The minimum Gasteiger partial charge on any atom is -0.494 e. The zero-order chi connectivity index (χ0) is 16.8. The molecule has 1 aromatic rings.